The minimum absolute atomic E-state index is 0.161. The van der Waals surface area contributed by atoms with Gasteiger partial charge in [0.2, 0.25) is 5.91 Å². The van der Waals surface area contributed by atoms with E-state index >= 15 is 0 Å². The van der Waals surface area contributed by atoms with Crippen molar-refractivity contribution in [1.29, 1.82) is 0 Å². The maximum absolute atomic E-state index is 11.5. The molecule has 0 aliphatic rings. The minimum Gasteiger partial charge on any atom is -0.343 e. The highest BCUT2D eigenvalue weighted by Gasteiger charge is 2.07. The summed E-state index contributed by atoms with van der Waals surface area (Å²) in [5.74, 6) is 0.161. The van der Waals surface area contributed by atoms with Gasteiger partial charge in [0.05, 0.1) is 0 Å². The molecular weight excluding hydrogens is 254 g/mol. The van der Waals surface area contributed by atoms with Crippen LogP contribution in [0, 0.1) is 0 Å². The lowest BCUT2D eigenvalue weighted by Gasteiger charge is -2.21. The Labute approximate surface area is 123 Å². The van der Waals surface area contributed by atoms with Crippen LogP contribution in [0.3, 0.4) is 0 Å². The summed E-state index contributed by atoms with van der Waals surface area (Å²) in [4.78, 5) is 13.5. The van der Waals surface area contributed by atoms with E-state index in [0.29, 0.717) is 0 Å². The molecule has 0 unspecified atom stereocenters. The molecule has 0 aliphatic heterocycles. The van der Waals surface area contributed by atoms with Gasteiger partial charge in [-0.1, -0.05) is 0 Å². The van der Waals surface area contributed by atoms with Crippen molar-refractivity contribution in [2.24, 2.45) is 11.5 Å². The van der Waals surface area contributed by atoms with Gasteiger partial charge in [-0.3, -0.25) is 4.79 Å². The van der Waals surface area contributed by atoms with Crippen molar-refractivity contribution in [3.05, 3.63) is 0 Å². The predicted molar refractivity (Wildman–Crippen MR) is 84.6 cm³/mol. The van der Waals surface area contributed by atoms with Crippen LogP contribution in [-0.2, 0) is 4.79 Å². The van der Waals surface area contributed by atoms with Crippen LogP contribution in [0.1, 0.15) is 32.6 Å². The lowest BCUT2D eigenvalue weighted by atomic mass is 10.3. The summed E-state index contributed by atoms with van der Waals surface area (Å²) >= 11 is 0. The van der Waals surface area contributed by atoms with Crippen molar-refractivity contribution in [2.75, 3.05) is 52.4 Å². The number of nitrogens with two attached hydrogens (primary N) is 2. The van der Waals surface area contributed by atoms with Gasteiger partial charge in [0.1, 0.15) is 0 Å². The van der Waals surface area contributed by atoms with Crippen LogP contribution in [-0.4, -0.2) is 63.2 Å². The number of hydrogen-bond donors (Lipinski definition) is 4. The molecule has 1 amide bonds. The molecule has 6 nitrogen and oxygen atoms in total. The van der Waals surface area contributed by atoms with Crippen molar-refractivity contribution < 1.29 is 4.79 Å². The second-order valence-electron chi connectivity index (χ2n) is 5.00. The Hall–Kier alpha value is -0.690. The Morgan fingerprint density at radius 3 is 1.60 bits per heavy atom. The zero-order valence-corrected chi connectivity index (χ0v) is 13.0. The van der Waals surface area contributed by atoms with Gasteiger partial charge in [-0.25, -0.2) is 0 Å². The zero-order chi connectivity index (χ0) is 15.1. The summed E-state index contributed by atoms with van der Waals surface area (Å²) in [6.45, 7) is 8.55. The van der Waals surface area contributed by atoms with Crippen molar-refractivity contribution in [1.82, 2.24) is 15.5 Å². The first-order valence-corrected chi connectivity index (χ1v) is 7.79. The summed E-state index contributed by atoms with van der Waals surface area (Å²) in [6, 6.07) is 0. The highest BCUT2D eigenvalue weighted by Crippen LogP contribution is 1.95. The van der Waals surface area contributed by atoms with Gasteiger partial charge in [0, 0.05) is 20.0 Å². The Bertz CT molecular complexity index is 210. The van der Waals surface area contributed by atoms with Gasteiger partial charge in [0.15, 0.2) is 0 Å². The van der Waals surface area contributed by atoms with Crippen molar-refractivity contribution >= 4 is 5.91 Å². The fraction of sp³-hybridized carbons (Fsp3) is 0.929. The number of nitrogens with one attached hydrogen (secondary N) is 2. The quantitative estimate of drug-likeness (QED) is 0.323. The average molecular weight is 287 g/mol. The maximum atomic E-state index is 11.5. The molecule has 0 heterocycles. The first kappa shape index (κ1) is 19.3. The van der Waals surface area contributed by atoms with Crippen molar-refractivity contribution in [3.63, 3.8) is 0 Å². The van der Waals surface area contributed by atoms with Gasteiger partial charge < -0.3 is 27.0 Å². The largest absolute Gasteiger partial charge is 0.343 e. The first-order chi connectivity index (χ1) is 9.72. The van der Waals surface area contributed by atoms with E-state index < -0.39 is 0 Å². The number of hydrogen-bond acceptors (Lipinski definition) is 5. The van der Waals surface area contributed by atoms with Crippen LogP contribution in [0.4, 0.5) is 0 Å². The molecule has 0 fully saturated rings. The van der Waals surface area contributed by atoms with E-state index in [1.54, 1.807) is 6.92 Å². The highest BCUT2D eigenvalue weighted by atomic mass is 16.2. The summed E-state index contributed by atoms with van der Waals surface area (Å²) in [5.41, 5.74) is 10.8. The molecule has 120 valence electrons. The Balaban J connectivity index is 3.53. The van der Waals surface area contributed by atoms with Gasteiger partial charge in [-0.05, 0) is 65.0 Å². The molecule has 0 aromatic heterocycles. The second kappa shape index (κ2) is 14.7. The normalized spacial score (nSPS) is 10.8. The summed E-state index contributed by atoms with van der Waals surface area (Å²) in [7, 11) is 0. The Morgan fingerprint density at radius 1 is 0.850 bits per heavy atom. The number of carbonyl (C=O) groups is 1. The lowest BCUT2D eigenvalue weighted by molar-refractivity contribution is -0.128. The molecular formula is C14H33N5O. The average Bonchev–Trinajstić information content (AvgIpc) is 2.43. The monoisotopic (exact) mass is 287 g/mol. The van der Waals surface area contributed by atoms with E-state index in [2.05, 4.69) is 10.6 Å². The zero-order valence-electron chi connectivity index (χ0n) is 13.0. The van der Waals surface area contributed by atoms with Gasteiger partial charge in [-0.15, -0.1) is 0 Å². The smallest absolute Gasteiger partial charge is 0.219 e. The van der Waals surface area contributed by atoms with Crippen molar-refractivity contribution in [3.8, 4) is 0 Å². The van der Waals surface area contributed by atoms with Gasteiger partial charge in [-0.2, -0.15) is 0 Å². The van der Waals surface area contributed by atoms with Crippen molar-refractivity contribution in [2.45, 2.75) is 32.6 Å². The molecule has 20 heavy (non-hydrogen) atoms. The van der Waals surface area contributed by atoms with E-state index in [0.717, 1.165) is 78.0 Å². The fourth-order valence-corrected chi connectivity index (χ4v) is 1.92. The molecule has 0 atom stereocenters. The van der Waals surface area contributed by atoms with Gasteiger partial charge in [0.25, 0.3) is 0 Å². The molecule has 0 rings (SSSR count). The Morgan fingerprint density at radius 2 is 1.25 bits per heavy atom. The first-order valence-electron chi connectivity index (χ1n) is 7.79. The number of rotatable bonds is 14. The second-order valence-corrected chi connectivity index (χ2v) is 5.00. The van der Waals surface area contributed by atoms with E-state index in [9.17, 15) is 4.79 Å². The van der Waals surface area contributed by atoms with E-state index in [-0.39, 0.29) is 5.91 Å². The molecule has 0 radical (unpaired) electrons. The molecule has 0 bridgehead atoms. The van der Waals surface area contributed by atoms with E-state index in [1.807, 2.05) is 4.90 Å². The molecule has 6 heteroatoms. The molecule has 0 aliphatic carbocycles. The highest BCUT2D eigenvalue weighted by molar-refractivity contribution is 5.73. The van der Waals surface area contributed by atoms with Crippen LogP contribution in [0.25, 0.3) is 0 Å². The summed E-state index contributed by atoms with van der Waals surface area (Å²) in [6.07, 6.45) is 3.99. The topological polar surface area (TPSA) is 96.4 Å². The Kier molecular flexibility index (Phi) is 14.2. The van der Waals surface area contributed by atoms with Crippen LogP contribution < -0.4 is 22.1 Å². The maximum Gasteiger partial charge on any atom is 0.219 e. The number of amides is 1. The summed E-state index contributed by atoms with van der Waals surface area (Å²) < 4.78 is 0. The number of carbonyl (C=O) groups excluding carboxylic acids is 1. The molecule has 6 N–H and O–H groups in total. The predicted octanol–water partition coefficient (Wildman–Crippen LogP) is -0.508. The van der Waals surface area contributed by atoms with Crippen LogP contribution >= 0.6 is 0 Å². The minimum atomic E-state index is 0.161. The third-order valence-corrected chi connectivity index (χ3v) is 3.12. The van der Waals surface area contributed by atoms with Crippen LogP contribution in [0.5, 0.6) is 0 Å². The third kappa shape index (κ3) is 12.3. The van der Waals surface area contributed by atoms with Crippen LogP contribution in [0.15, 0.2) is 0 Å². The molecule has 0 spiro atoms. The summed E-state index contributed by atoms with van der Waals surface area (Å²) in [5, 5.41) is 6.66. The standard InChI is InChI=1S/C14H33N5O/c1-14(20)19(12-4-10-17-8-2-6-15)13-5-11-18-9-3-7-16/h17-18H,2-13,15-16H2,1H3. The number of nitrogens with zero attached hydrogens (tertiary/aromatic N) is 1. The molecule has 0 aromatic rings. The third-order valence-electron chi connectivity index (χ3n) is 3.12. The molecule has 0 saturated heterocycles. The van der Waals surface area contributed by atoms with Crippen LogP contribution in [0.2, 0.25) is 0 Å². The lowest BCUT2D eigenvalue weighted by Crippen LogP contribution is -2.34. The molecule has 0 saturated carbocycles. The van der Waals surface area contributed by atoms with E-state index in [4.69, 9.17) is 11.5 Å². The fourth-order valence-electron chi connectivity index (χ4n) is 1.92. The SMILES string of the molecule is CC(=O)N(CCCNCCCN)CCCNCCCN. The van der Waals surface area contributed by atoms with Gasteiger partial charge >= 0.3 is 0 Å². The molecule has 0 aromatic carbocycles. The van der Waals surface area contributed by atoms with E-state index in [1.165, 1.54) is 0 Å².